The molecule has 0 unspecified atom stereocenters. The molecule has 0 amide bonds. The molecule has 0 N–H and O–H groups in total. The summed E-state index contributed by atoms with van der Waals surface area (Å²) in [5.74, 6) is -0.801. The molecule has 11 heavy (non-hydrogen) atoms. The van der Waals surface area contributed by atoms with Crippen LogP contribution in [0.15, 0.2) is 12.8 Å². The number of carbonyl (C=O) groups excluding carboxylic acids is 1. The van der Waals surface area contributed by atoms with Crippen LogP contribution in [-0.4, -0.2) is 27.2 Å². The Kier molecular flexibility index (Phi) is 3.77. The lowest BCUT2D eigenvalue weighted by Crippen LogP contribution is -2.13. The summed E-state index contributed by atoms with van der Waals surface area (Å²) in [7, 11) is -3.57. The van der Waals surface area contributed by atoms with Gasteiger partial charge in [-0.25, -0.2) is 4.79 Å². The van der Waals surface area contributed by atoms with Crippen molar-refractivity contribution in [2.75, 3.05) is 12.9 Å². The van der Waals surface area contributed by atoms with Gasteiger partial charge in [0.25, 0.3) is 10.1 Å². The zero-order valence-electron chi connectivity index (χ0n) is 5.94. The summed E-state index contributed by atoms with van der Waals surface area (Å²) in [6.07, 6.45) is 1.74. The molecule has 0 aromatic heterocycles. The van der Waals surface area contributed by atoms with Crippen molar-refractivity contribution in [3.8, 4) is 0 Å². The van der Waals surface area contributed by atoms with Gasteiger partial charge in [0.2, 0.25) is 0 Å². The minimum atomic E-state index is -3.57. The third-order valence-corrected chi connectivity index (χ3v) is 1.15. The van der Waals surface area contributed by atoms with E-state index in [1.165, 1.54) is 0 Å². The van der Waals surface area contributed by atoms with Crippen LogP contribution in [-0.2, 0) is 23.8 Å². The number of rotatable bonds is 4. The highest BCUT2D eigenvalue weighted by molar-refractivity contribution is 7.86. The molecule has 0 fully saturated rings. The largest absolute Gasteiger partial charge is 0.433 e. The molecule has 0 saturated carbocycles. The van der Waals surface area contributed by atoms with Crippen molar-refractivity contribution in [2.45, 2.75) is 0 Å². The first-order chi connectivity index (χ1) is 4.95. The second-order valence-electron chi connectivity index (χ2n) is 1.62. The molecule has 5 nitrogen and oxygen atoms in total. The van der Waals surface area contributed by atoms with Crippen LogP contribution in [0.25, 0.3) is 0 Å². The molecule has 6 heteroatoms. The fraction of sp³-hybridized carbons (Fsp3) is 0.400. The van der Waals surface area contributed by atoms with Crippen LogP contribution in [0.4, 0.5) is 0 Å². The molecular formula is C5H8O5S. The SMILES string of the molecule is C=COC(=O)COS(C)(=O)=O. The third kappa shape index (κ3) is 7.01. The van der Waals surface area contributed by atoms with Crippen molar-refractivity contribution in [1.29, 1.82) is 0 Å². The lowest BCUT2D eigenvalue weighted by molar-refractivity contribution is -0.140. The van der Waals surface area contributed by atoms with Crippen molar-refractivity contribution in [2.24, 2.45) is 0 Å². The maximum atomic E-state index is 10.4. The molecule has 0 aromatic rings. The maximum absolute atomic E-state index is 10.4. The maximum Gasteiger partial charge on any atom is 0.338 e. The van der Waals surface area contributed by atoms with E-state index in [1.54, 1.807) is 0 Å². The van der Waals surface area contributed by atoms with Crippen molar-refractivity contribution in [3.05, 3.63) is 12.8 Å². The number of hydrogen-bond donors (Lipinski definition) is 0. The number of esters is 1. The monoisotopic (exact) mass is 180 g/mol. The molecule has 0 aromatic carbocycles. The predicted molar refractivity (Wildman–Crippen MR) is 37.1 cm³/mol. The van der Waals surface area contributed by atoms with E-state index >= 15 is 0 Å². The predicted octanol–water partition coefficient (Wildman–Crippen LogP) is -0.351. The number of ether oxygens (including phenoxy) is 1. The van der Waals surface area contributed by atoms with E-state index in [4.69, 9.17) is 0 Å². The smallest absolute Gasteiger partial charge is 0.338 e. The quantitative estimate of drug-likeness (QED) is 0.336. The molecule has 0 radical (unpaired) electrons. The number of carbonyl (C=O) groups is 1. The molecule has 0 bridgehead atoms. The van der Waals surface area contributed by atoms with Gasteiger partial charge in [-0.1, -0.05) is 6.58 Å². The molecule has 0 aliphatic carbocycles. The van der Waals surface area contributed by atoms with E-state index in [2.05, 4.69) is 15.5 Å². The van der Waals surface area contributed by atoms with E-state index in [1.807, 2.05) is 0 Å². The molecule has 0 spiro atoms. The van der Waals surface area contributed by atoms with Crippen LogP contribution < -0.4 is 0 Å². The molecule has 0 atom stereocenters. The van der Waals surface area contributed by atoms with E-state index in [-0.39, 0.29) is 0 Å². The Morgan fingerprint density at radius 1 is 1.64 bits per heavy atom. The van der Waals surface area contributed by atoms with Crippen LogP contribution in [0.3, 0.4) is 0 Å². The second-order valence-corrected chi connectivity index (χ2v) is 3.27. The van der Waals surface area contributed by atoms with Crippen molar-refractivity contribution in [1.82, 2.24) is 0 Å². The Hall–Kier alpha value is -0.880. The average molecular weight is 180 g/mol. The molecule has 0 rings (SSSR count). The fourth-order valence-electron chi connectivity index (χ4n) is 0.282. The highest BCUT2D eigenvalue weighted by atomic mass is 32.2. The molecule has 64 valence electrons. The summed E-state index contributed by atoms with van der Waals surface area (Å²) in [5, 5.41) is 0. The van der Waals surface area contributed by atoms with E-state index in [9.17, 15) is 13.2 Å². The molecule has 0 saturated heterocycles. The summed E-state index contributed by atoms with van der Waals surface area (Å²) < 4.78 is 28.8. The van der Waals surface area contributed by atoms with Crippen LogP contribution in [0.5, 0.6) is 0 Å². The summed E-state index contributed by atoms with van der Waals surface area (Å²) >= 11 is 0. The second kappa shape index (κ2) is 4.09. The summed E-state index contributed by atoms with van der Waals surface area (Å²) in [6, 6.07) is 0. The average Bonchev–Trinajstić information content (AvgIpc) is 1.83. The third-order valence-electron chi connectivity index (χ3n) is 0.606. The van der Waals surface area contributed by atoms with E-state index in [0.717, 1.165) is 12.5 Å². The van der Waals surface area contributed by atoms with Gasteiger partial charge < -0.3 is 4.74 Å². The summed E-state index contributed by atoms with van der Waals surface area (Å²) in [4.78, 5) is 10.4. The van der Waals surface area contributed by atoms with E-state index in [0.29, 0.717) is 0 Å². The Bertz CT molecular complexity index is 240. The minimum absolute atomic E-state index is 0.620. The minimum Gasteiger partial charge on any atom is -0.433 e. The van der Waals surface area contributed by atoms with Crippen LogP contribution in [0.2, 0.25) is 0 Å². The zero-order valence-corrected chi connectivity index (χ0v) is 6.76. The first-order valence-corrected chi connectivity index (χ1v) is 4.42. The normalized spacial score (nSPS) is 10.6. The van der Waals surface area contributed by atoms with Gasteiger partial charge in [-0.05, 0) is 0 Å². The first-order valence-electron chi connectivity index (χ1n) is 2.60. The lowest BCUT2D eigenvalue weighted by atomic mass is 10.7. The van der Waals surface area contributed by atoms with Gasteiger partial charge in [0.15, 0.2) is 6.61 Å². The fourth-order valence-corrected chi connectivity index (χ4v) is 0.592. The summed E-state index contributed by atoms with van der Waals surface area (Å²) in [5.41, 5.74) is 0. The highest BCUT2D eigenvalue weighted by Gasteiger charge is 2.06. The lowest BCUT2D eigenvalue weighted by Gasteiger charge is -1.97. The van der Waals surface area contributed by atoms with Crippen LogP contribution >= 0.6 is 0 Å². The highest BCUT2D eigenvalue weighted by Crippen LogP contribution is 1.87. The molecular weight excluding hydrogens is 172 g/mol. The van der Waals surface area contributed by atoms with Gasteiger partial charge >= 0.3 is 5.97 Å². The van der Waals surface area contributed by atoms with Gasteiger partial charge in [-0.15, -0.1) is 0 Å². The molecule has 0 heterocycles. The standard InChI is InChI=1S/C5H8O5S/c1-3-9-5(6)4-10-11(2,7)8/h3H,1,4H2,2H3. The Morgan fingerprint density at radius 3 is 2.55 bits per heavy atom. The van der Waals surface area contributed by atoms with Crippen LogP contribution in [0.1, 0.15) is 0 Å². The zero-order chi connectivity index (χ0) is 8.91. The first kappa shape index (κ1) is 10.1. The van der Waals surface area contributed by atoms with Gasteiger partial charge in [-0.3, -0.25) is 4.18 Å². The van der Waals surface area contributed by atoms with Gasteiger partial charge in [0.05, 0.1) is 12.5 Å². The van der Waals surface area contributed by atoms with E-state index < -0.39 is 22.7 Å². The van der Waals surface area contributed by atoms with Crippen molar-refractivity contribution >= 4 is 16.1 Å². The topological polar surface area (TPSA) is 69.7 Å². The van der Waals surface area contributed by atoms with Gasteiger partial charge in [0.1, 0.15) is 0 Å². The number of hydrogen-bond acceptors (Lipinski definition) is 5. The Morgan fingerprint density at radius 2 is 2.18 bits per heavy atom. The Labute approximate surface area is 64.7 Å². The molecule has 0 aliphatic heterocycles. The Balaban J connectivity index is 3.72. The van der Waals surface area contributed by atoms with Crippen LogP contribution in [0, 0.1) is 0 Å². The van der Waals surface area contributed by atoms with Crippen molar-refractivity contribution in [3.63, 3.8) is 0 Å². The van der Waals surface area contributed by atoms with Gasteiger partial charge in [0, 0.05) is 0 Å². The van der Waals surface area contributed by atoms with Crippen molar-refractivity contribution < 1.29 is 22.1 Å². The van der Waals surface area contributed by atoms with Gasteiger partial charge in [-0.2, -0.15) is 8.42 Å². The summed E-state index contributed by atoms with van der Waals surface area (Å²) in [6.45, 7) is 2.48. The molecule has 0 aliphatic rings.